The molecule has 12 heteroatoms. The first-order chi connectivity index (χ1) is 16.6. The Morgan fingerprint density at radius 2 is 1.80 bits per heavy atom. The van der Waals surface area contributed by atoms with E-state index in [-0.39, 0.29) is 39.7 Å². The predicted molar refractivity (Wildman–Crippen MR) is 121 cm³/mol. The Morgan fingerprint density at radius 3 is 2.43 bits per heavy atom. The van der Waals surface area contributed by atoms with E-state index in [1.165, 1.54) is 28.8 Å². The lowest BCUT2D eigenvalue weighted by Gasteiger charge is -2.18. The first-order valence-electron chi connectivity index (χ1n) is 10.1. The highest BCUT2D eigenvalue weighted by molar-refractivity contribution is 7.71. The summed E-state index contributed by atoms with van der Waals surface area (Å²) >= 11 is 5.29. The van der Waals surface area contributed by atoms with Gasteiger partial charge < -0.3 is 9.47 Å². The minimum atomic E-state index is -4.91. The number of fused-ring (bicyclic) bond motifs is 1. The normalized spacial score (nSPS) is 11.7. The molecule has 0 radical (unpaired) electrons. The Morgan fingerprint density at radius 1 is 1.11 bits per heavy atom. The lowest BCUT2D eigenvalue weighted by atomic mass is 10.1. The number of pyridine rings is 1. The third kappa shape index (κ3) is 4.87. The fraction of sp³-hybridized carbons (Fsp3) is 0.174. The highest BCUT2D eigenvalue weighted by atomic mass is 32.1. The number of ether oxygens (including phenoxy) is 2. The van der Waals surface area contributed by atoms with Crippen LogP contribution in [0.15, 0.2) is 59.4 Å². The average molecular weight is 509 g/mol. The standard InChI is InChI=1S/C23H16F5N3O3S/c1-2-33-17-6-4-3-5-16(17)31-19-18(20(32)30-22(31)35)14(23(26,27)28)11-15(29-19)12-7-9-13(10-8-12)34-21(24)25/h3-11,21H,2H2,1H3,(H,30,32,35). The molecular weight excluding hydrogens is 493 g/mol. The number of halogens is 5. The van der Waals surface area contributed by atoms with Gasteiger partial charge in [0.25, 0.3) is 5.56 Å². The minimum absolute atomic E-state index is 0.156. The zero-order chi connectivity index (χ0) is 25.3. The van der Waals surface area contributed by atoms with Gasteiger partial charge in [0.15, 0.2) is 10.4 Å². The van der Waals surface area contributed by atoms with Crippen LogP contribution in [0, 0.1) is 4.77 Å². The van der Waals surface area contributed by atoms with E-state index in [1.54, 1.807) is 31.2 Å². The lowest BCUT2D eigenvalue weighted by molar-refractivity contribution is -0.136. The molecule has 4 rings (SSSR count). The molecule has 0 spiro atoms. The summed E-state index contributed by atoms with van der Waals surface area (Å²) in [6.45, 7) is -1.05. The number of nitrogens with zero attached hydrogens (tertiary/aromatic N) is 2. The zero-order valence-electron chi connectivity index (χ0n) is 17.9. The largest absolute Gasteiger partial charge is 0.492 e. The molecule has 0 unspecified atom stereocenters. The summed E-state index contributed by atoms with van der Waals surface area (Å²) in [5, 5.41) is -0.709. The molecule has 0 bridgehead atoms. The third-order valence-electron chi connectivity index (χ3n) is 4.95. The van der Waals surface area contributed by atoms with Crippen LogP contribution in [-0.2, 0) is 6.18 Å². The smallest absolute Gasteiger partial charge is 0.417 e. The Kier molecular flexibility index (Phi) is 6.57. The van der Waals surface area contributed by atoms with Crippen molar-refractivity contribution in [1.29, 1.82) is 0 Å². The summed E-state index contributed by atoms with van der Waals surface area (Å²) in [7, 11) is 0. The van der Waals surface area contributed by atoms with E-state index in [0.717, 1.165) is 6.07 Å². The van der Waals surface area contributed by atoms with Crippen LogP contribution in [0.5, 0.6) is 11.5 Å². The van der Waals surface area contributed by atoms with E-state index in [9.17, 15) is 26.7 Å². The maximum absolute atomic E-state index is 14.1. The molecule has 2 aromatic heterocycles. The highest BCUT2D eigenvalue weighted by Gasteiger charge is 2.36. The maximum atomic E-state index is 14.1. The van der Waals surface area contributed by atoms with Crippen LogP contribution in [0.3, 0.4) is 0 Å². The van der Waals surface area contributed by atoms with Gasteiger partial charge in [-0.2, -0.15) is 22.0 Å². The number of aromatic nitrogens is 3. The molecule has 0 aliphatic heterocycles. The fourth-order valence-electron chi connectivity index (χ4n) is 3.55. The molecule has 35 heavy (non-hydrogen) atoms. The molecule has 1 N–H and O–H groups in total. The minimum Gasteiger partial charge on any atom is -0.492 e. The molecule has 2 heterocycles. The average Bonchev–Trinajstić information content (AvgIpc) is 2.79. The highest BCUT2D eigenvalue weighted by Crippen LogP contribution is 2.37. The number of aromatic amines is 1. The molecule has 0 saturated heterocycles. The van der Waals surface area contributed by atoms with Crippen molar-refractivity contribution in [1.82, 2.24) is 14.5 Å². The number of benzene rings is 2. The fourth-order valence-corrected chi connectivity index (χ4v) is 3.83. The van der Waals surface area contributed by atoms with Crippen molar-refractivity contribution in [2.75, 3.05) is 6.61 Å². The summed E-state index contributed by atoms with van der Waals surface area (Å²) in [5.74, 6) is 0.138. The van der Waals surface area contributed by atoms with Gasteiger partial charge in [-0.05, 0) is 61.6 Å². The quantitative estimate of drug-likeness (QED) is 0.250. The molecule has 182 valence electrons. The van der Waals surface area contributed by atoms with E-state index in [4.69, 9.17) is 17.0 Å². The molecule has 0 amide bonds. The Labute approximate surface area is 199 Å². The van der Waals surface area contributed by atoms with Crippen LogP contribution >= 0.6 is 12.2 Å². The molecule has 2 aromatic carbocycles. The molecule has 0 aliphatic carbocycles. The number of rotatable bonds is 6. The van der Waals surface area contributed by atoms with Crippen LogP contribution < -0.4 is 15.0 Å². The number of hydrogen-bond acceptors (Lipinski definition) is 5. The number of nitrogens with one attached hydrogen (secondary N) is 1. The summed E-state index contributed by atoms with van der Waals surface area (Å²) < 4.78 is 78.1. The Hall–Kier alpha value is -3.80. The van der Waals surface area contributed by atoms with Crippen molar-refractivity contribution in [3.05, 3.63) is 75.3 Å². The Bertz CT molecular complexity index is 1500. The summed E-state index contributed by atoms with van der Waals surface area (Å²) in [6, 6.07) is 12.1. The van der Waals surface area contributed by atoms with Gasteiger partial charge in [-0.1, -0.05) is 12.1 Å². The first-order valence-corrected chi connectivity index (χ1v) is 10.6. The molecular formula is C23H16F5N3O3S. The maximum Gasteiger partial charge on any atom is 0.417 e. The predicted octanol–water partition coefficient (Wildman–Crippen LogP) is 6.13. The summed E-state index contributed by atoms with van der Waals surface area (Å²) in [5.41, 5.74) is -2.33. The third-order valence-corrected chi connectivity index (χ3v) is 5.23. The molecule has 4 aromatic rings. The van der Waals surface area contributed by atoms with Crippen LogP contribution in [0.25, 0.3) is 28.0 Å². The second kappa shape index (κ2) is 9.45. The topological polar surface area (TPSA) is 69.1 Å². The van der Waals surface area contributed by atoms with Crippen molar-refractivity contribution < 1.29 is 31.4 Å². The van der Waals surface area contributed by atoms with Gasteiger partial charge in [-0.25, -0.2) is 4.98 Å². The summed E-state index contributed by atoms with van der Waals surface area (Å²) in [4.78, 5) is 19.3. The molecule has 0 atom stereocenters. The zero-order valence-corrected chi connectivity index (χ0v) is 18.7. The molecule has 0 aliphatic rings. The summed E-state index contributed by atoms with van der Waals surface area (Å²) in [6.07, 6.45) is -4.91. The first kappa shape index (κ1) is 24.3. The molecule has 6 nitrogen and oxygen atoms in total. The molecule has 0 fully saturated rings. The SMILES string of the molecule is CCOc1ccccc1-n1c(=S)[nH]c(=O)c2c(C(F)(F)F)cc(-c3ccc(OC(F)F)cc3)nc21. The van der Waals surface area contributed by atoms with Gasteiger partial charge in [0.1, 0.15) is 11.5 Å². The van der Waals surface area contributed by atoms with E-state index in [0.29, 0.717) is 5.75 Å². The van der Waals surface area contributed by atoms with Gasteiger partial charge in [-0.3, -0.25) is 14.3 Å². The van der Waals surface area contributed by atoms with E-state index in [2.05, 4.69) is 14.7 Å². The van der Waals surface area contributed by atoms with Gasteiger partial charge in [0, 0.05) is 5.56 Å². The van der Waals surface area contributed by atoms with Crippen LogP contribution in [0.1, 0.15) is 12.5 Å². The van der Waals surface area contributed by atoms with Crippen LogP contribution in [0.2, 0.25) is 0 Å². The number of H-pyrrole nitrogens is 1. The number of alkyl halides is 5. The van der Waals surface area contributed by atoms with E-state index in [1.807, 2.05) is 0 Å². The Balaban J connectivity index is 2.06. The van der Waals surface area contributed by atoms with Crippen LogP contribution in [-0.4, -0.2) is 27.8 Å². The van der Waals surface area contributed by atoms with Crippen molar-refractivity contribution >= 4 is 23.3 Å². The van der Waals surface area contributed by atoms with Crippen molar-refractivity contribution in [2.45, 2.75) is 19.7 Å². The van der Waals surface area contributed by atoms with E-state index >= 15 is 0 Å². The van der Waals surface area contributed by atoms with E-state index < -0.39 is 29.3 Å². The van der Waals surface area contributed by atoms with Gasteiger partial charge in [0.05, 0.1) is 28.9 Å². The van der Waals surface area contributed by atoms with Gasteiger partial charge in [0.2, 0.25) is 0 Å². The number of para-hydroxylation sites is 2. The van der Waals surface area contributed by atoms with Crippen molar-refractivity contribution in [3.8, 4) is 28.4 Å². The second-order valence-electron chi connectivity index (χ2n) is 7.15. The molecule has 0 saturated carbocycles. The van der Waals surface area contributed by atoms with Crippen LogP contribution in [0.4, 0.5) is 22.0 Å². The van der Waals surface area contributed by atoms with Gasteiger partial charge in [-0.15, -0.1) is 0 Å². The van der Waals surface area contributed by atoms with Crippen molar-refractivity contribution in [3.63, 3.8) is 0 Å². The monoisotopic (exact) mass is 509 g/mol. The second-order valence-corrected chi connectivity index (χ2v) is 7.54. The number of hydrogen-bond donors (Lipinski definition) is 1. The van der Waals surface area contributed by atoms with Gasteiger partial charge >= 0.3 is 12.8 Å². The lowest BCUT2D eigenvalue weighted by Crippen LogP contribution is -2.20. The van der Waals surface area contributed by atoms with Crippen molar-refractivity contribution in [2.24, 2.45) is 0 Å².